The van der Waals surface area contributed by atoms with E-state index in [1.54, 1.807) is 36.4 Å². The molecule has 4 nitrogen and oxygen atoms in total. The van der Waals surface area contributed by atoms with Crippen LogP contribution in [0.5, 0.6) is 0 Å². The summed E-state index contributed by atoms with van der Waals surface area (Å²) in [6, 6.07) is 15.9. The highest BCUT2D eigenvalue weighted by molar-refractivity contribution is 5.98. The second-order valence-corrected chi connectivity index (χ2v) is 5.33. The van der Waals surface area contributed by atoms with E-state index in [9.17, 15) is 14.4 Å². The van der Waals surface area contributed by atoms with Crippen LogP contribution in [0.25, 0.3) is 0 Å². The van der Waals surface area contributed by atoms with Crippen LogP contribution < -0.4 is 5.32 Å². The first-order valence-corrected chi connectivity index (χ1v) is 7.55. The van der Waals surface area contributed by atoms with Gasteiger partial charge in [-0.2, -0.15) is 0 Å². The maximum absolute atomic E-state index is 11.9. The van der Waals surface area contributed by atoms with Crippen LogP contribution in [0.1, 0.15) is 46.9 Å². The number of amides is 1. The normalized spacial score (nSPS) is 10.1. The summed E-state index contributed by atoms with van der Waals surface area (Å²) in [5, 5.41) is 2.75. The summed E-state index contributed by atoms with van der Waals surface area (Å²) in [4.78, 5) is 35.2. The monoisotopic (exact) mass is 309 g/mol. The first-order chi connectivity index (χ1) is 11.1. The number of hydrogen-bond donors (Lipinski definition) is 1. The van der Waals surface area contributed by atoms with Gasteiger partial charge in [0.2, 0.25) is 5.91 Å². The van der Waals surface area contributed by atoms with Crippen LogP contribution in [-0.2, 0) is 4.79 Å². The molecule has 2 rings (SSSR count). The van der Waals surface area contributed by atoms with Crippen LogP contribution in [0.3, 0.4) is 0 Å². The zero-order valence-electron chi connectivity index (χ0n) is 13.0. The van der Waals surface area contributed by atoms with E-state index >= 15 is 0 Å². The topological polar surface area (TPSA) is 63.2 Å². The Morgan fingerprint density at radius 3 is 2.26 bits per heavy atom. The summed E-state index contributed by atoms with van der Waals surface area (Å²) in [7, 11) is 0. The molecule has 0 atom stereocenters. The summed E-state index contributed by atoms with van der Waals surface area (Å²) in [5.74, 6) is -0.168. The lowest BCUT2D eigenvalue weighted by molar-refractivity contribution is -0.116. The fraction of sp³-hybridized carbons (Fsp3) is 0.211. The first-order valence-electron chi connectivity index (χ1n) is 7.55. The van der Waals surface area contributed by atoms with Crippen LogP contribution in [0.4, 0.5) is 5.69 Å². The molecule has 0 aliphatic rings. The van der Waals surface area contributed by atoms with Crippen molar-refractivity contribution in [2.24, 2.45) is 0 Å². The molecule has 0 spiro atoms. The minimum absolute atomic E-state index is 0.0389. The van der Waals surface area contributed by atoms with E-state index in [-0.39, 0.29) is 23.9 Å². The zero-order valence-corrected chi connectivity index (χ0v) is 13.0. The second kappa shape index (κ2) is 8.03. The third kappa shape index (κ3) is 5.18. The minimum Gasteiger partial charge on any atom is -0.326 e. The summed E-state index contributed by atoms with van der Waals surface area (Å²) in [6.07, 6.45) is 1.10. The largest absolute Gasteiger partial charge is 0.326 e. The number of nitrogens with one attached hydrogen (secondary N) is 1. The Balaban J connectivity index is 1.80. The number of hydrogen-bond acceptors (Lipinski definition) is 3. The van der Waals surface area contributed by atoms with E-state index in [2.05, 4.69) is 5.32 Å². The van der Waals surface area contributed by atoms with Gasteiger partial charge in [-0.15, -0.1) is 0 Å². The van der Waals surface area contributed by atoms with Crippen LogP contribution in [0.2, 0.25) is 0 Å². The molecule has 0 unspecified atom stereocenters. The molecule has 0 saturated heterocycles. The highest BCUT2D eigenvalue weighted by Gasteiger charge is 2.08. The molecule has 0 radical (unpaired) electrons. The van der Waals surface area contributed by atoms with Crippen molar-refractivity contribution in [3.05, 3.63) is 65.7 Å². The average molecular weight is 309 g/mol. The molecule has 0 saturated carbocycles. The zero-order chi connectivity index (χ0) is 16.7. The maximum atomic E-state index is 11.9. The minimum atomic E-state index is -0.161. The second-order valence-electron chi connectivity index (χ2n) is 5.33. The number of carbonyl (C=O) groups is 3. The molecule has 23 heavy (non-hydrogen) atoms. The van der Waals surface area contributed by atoms with Gasteiger partial charge < -0.3 is 5.32 Å². The van der Waals surface area contributed by atoms with Crippen molar-refractivity contribution in [1.82, 2.24) is 0 Å². The lowest BCUT2D eigenvalue weighted by Crippen LogP contribution is -2.12. The number of rotatable bonds is 7. The number of anilines is 1. The predicted octanol–water partition coefficient (Wildman–Crippen LogP) is 3.88. The number of ketones is 2. The smallest absolute Gasteiger partial charge is 0.224 e. The van der Waals surface area contributed by atoms with Crippen molar-refractivity contribution in [2.75, 3.05) is 5.32 Å². The van der Waals surface area contributed by atoms with Gasteiger partial charge in [-0.1, -0.05) is 42.5 Å². The first kappa shape index (κ1) is 16.6. The Morgan fingerprint density at radius 1 is 0.870 bits per heavy atom. The molecule has 0 bridgehead atoms. The van der Waals surface area contributed by atoms with Gasteiger partial charge >= 0.3 is 0 Å². The molecule has 0 fully saturated rings. The molecule has 1 amide bonds. The van der Waals surface area contributed by atoms with Gasteiger partial charge in [0.25, 0.3) is 0 Å². The molecule has 0 aromatic heterocycles. The summed E-state index contributed by atoms with van der Waals surface area (Å²) < 4.78 is 0. The lowest BCUT2D eigenvalue weighted by Gasteiger charge is -2.06. The third-order valence-electron chi connectivity index (χ3n) is 3.46. The summed E-state index contributed by atoms with van der Waals surface area (Å²) in [6.45, 7) is 1.48. The fourth-order valence-electron chi connectivity index (χ4n) is 2.22. The van der Waals surface area contributed by atoms with Crippen molar-refractivity contribution in [3.63, 3.8) is 0 Å². The Hall–Kier alpha value is -2.75. The molecule has 4 heteroatoms. The van der Waals surface area contributed by atoms with Gasteiger partial charge in [-0.25, -0.2) is 0 Å². The SMILES string of the molecule is CC(=O)c1cccc(NC(=O)CCCC(=O)c2ccccc2)c1. The Morgan fingerprint density at radius 2 is 1.57 bits per heavy atom. The van der Waals surface area contributed by atoms with Crippen LogP contribution >= 0.6 is 0 Å². The van der Waals surface area contributed by atoms with Crippen molar-refractivity contribution in [1.29, 1.82) is 0 Å². The van der Waals surface area contributed by atoms with Crippen molar-refractivity contribution >= 4 is 23.2 Å². The van der Waals surface area contributed by atoms with E-state index in [4.69, 9.17) is 0 Å². The average Bonchev–Trinajstić information content (AvgIpc) is 2.55. The molecular formula is C19H19NO3. The molecule has 0 heterocycles. The van der Waals surface area contributed by atoms with Crippen molar-refractivity contribution in [2.45, 2.75) is 26.2 Å². The molecule has 1 N–H and O–H groups in total. The Bertz CT molecular complexity index is 708. The quantitative estimate of drug-likeness (QED) is 0.789. The van der Waals surface area contributed by atoms with Gasteiger partial charge in [0, 0.05) is 29.7 Å². The Labute approximate surface area is 135 Å². The van der Waals surface area contributed by atoms with E-state index in [1.807, 2.05) is 18.2 Å². The standard InChI is InChI=1S/C19H19NO3/c1-14(21)16-9-5-10-17(13-16)20-19(23)12-6-11-18(22)15-7-3-2-4-8-15/h2-5,7-10,13H,6,11-12H2,1H3,(H,20,23). The molecular weight excluding hydrogens is 290 g/mol. The van der Waals surface area contributed by atoms with Gasteiger partial charge in [0.05, 0.1) is 0 Å². The lowest BCUT2D eigenvalue weighted by atomic mass is 10.1. The predicted molar refractivity (Wildman–Crippen MR) is 89.7 cm³/mol. The van der Waals surface area contributed by atoms with Gasteiger partial charge in [-0.05, 0) is 25.5 Å². The maximum Gasteiger partial charge on any atom is 0.224 e. The van der Waals surface area contributed by atoms with E-state index in [0.29, 0.717) is 29.7 Å². The molecule has 0 aliphatic heterocycles. The number of Topliss-reactive ketones (excluding diaryl/α,β-unsaturated/α-hetero) is 2. The van der Waals surface area contributed by atoms with E-state index in [0.717, 1.165) is 0 Å². The van der Waals surface area contributed by atoms with Crippen molar-refractivity contribution < 1.29 is 14.4 Å². The fourth-order valence-corrected chi connectivity index (χ4v) is 2.22. The molecule has 2 aromatic carbocycles. The molecule has 118 valence electrons. The number of benzene rings is 2. The van der Waals surface area contributed by atoms with Crippen LogP contribution in [-0.4, -0.2) is 17.5 Å². The molecule has 2 aromatic rings. The van der Waals surface area contributed by atoms with Crippen LogP contribution in [0.15, 0.2) is 54.6 Å². The molecule has 0 aliphatic carbocycles. The van der Waals surface area contributed by atoms with E-state index < -0.39 is 0 Å². The number of carbonyl (C=O) groups excluding carboxylic acids is 3. The third-order valence-corrected chi connectivity index (χ3v) is 3.46. The van der Waals surface area contributed by atoms with Gasteiger partial charge in [0.15, 0.2) is 11.6 Å². The van der Waals surface area contributed by atoms with E-state index in [1.165, 1.54) is 6.92 Å². The van der Waals surface area contributed by atoms with Crippen molar-refractivity contribution in [3.8, 4) is 0 Å². The summed E-state index contributed by atoms with van der Waals surface area (Å²) in [5.41, 5.74) is 1.82. The van der Waals surface area contributed by atoms with Gasteiger partial charge in [-0.3, -0.25) is 14.4 Å². The Kier molecular flexibility index (Phi) is 5.80. The highest BCUT2D eigenvalue weighted by Crippen LogP contribution is 2.13. The van der Waals surface area contributed by atoms with Crippen LogP contribution in [0, 0.1) is 0 Å². The highest BCUT2D eigenvalue weighted by atomic mass is 16.1. The van der Waals surface area contributed by atoms with Gasteiger partial charge in [0.1, 0.15) is 0 Å². The summed E-state index contributed by atoms with van der Waals surface area (Å²) >= 11 is 0.